The number of hydrogen-bond acceptors (Lipinski definition) is 2. The molecule has 20 heavy (non-hydrogen) atoms. The number of carbonyl (C=O) groups is 1. The van der Waals surface area contributed by atoms with Crippen molar-refractivity contribution < 1.29 is 14.3 Å². The summed E-state index contributed by atoms with van der Waals surface area (Å²) in [6.07, 6.45) is 2.92. The number of hydrogen-bond donors (Lipinski definition) is 1. The third-order valence-electron chi connectivity index (χ3n) is 3.92. The van der Waals surface area contributed by atoms with Crippen molar-refractivity contribution in [3.8, 4) is 0 Å². The number of nitrogens with zero attached hydrogens (tertiary/aromatic N) is 1. The van der Waals surface area contributed by atoms with Gasteiger partial charge in [-0.3, -0.25) is 9.69 Å². The fourth-order valence-corrected chi connectivity index (χ4v) is 2.89. The summed E-state index contributed by atoms with van der Waals surface area (Å²) in [6.45, 7) is 2.26. The number of benzene rings is 1. The topological polar surface area (TPSA) is 40.5 Å². The Labute approximate surface area is 123 Å². The molecule has 1 aliphatic heterocycles. The highest BCUT2D eigenvalue weighted by Crippen LogP contribution is 2.26. The molecule has 1 fully saturated rings. The van der Waals surface area contributed by atoms with E-state index in [2.05, 4.69) is 4.90 Å². The Kier molecular flexibility index (Phi) is 5.38. The summed E-state index contributed by atoms with van der Waals surface area (Å²) in [5.74, 6) is -0.519. The van der Waals surface area contributed by atoms with Crippen molar-refractivity contribution in [1.82, 2.24) is 4.90 Å². The van der Waals surface area contributed by atoms with Gasteiger partial charge in [-0.15, -0.1) is 0 Å². The van der Waals surface area contributed by atoms with Gasteiger partial charge in [-0.25, -0.2) is 4.39 Å². The molecule has 0 atom stereocenters. The van der Waals surface area contributed by atoms with Crippen molar-refractivity contribution in [2.75, 3.05) is 13.1 Å². The fraction of sp³-hybridized carbons (Fsp3) is 0.533. The third kappa shape index (κ3) is 4.18. The first-order valence-electron chi connectivity index (χ1n) is 6.93. The third-order valence-corrected chi connectivity index (χ3v) is 4.27. The maximum atomic E-state index is 13.7. The molecule has 0 spiro atoms. The second-order valence-electron chi connectivity index (χ2n) is 5.35. The smallest absolute Gasteiger partial charge is 0.303 e. The lowest BCUT2D eigenvalue weighted by Crippen LogP contribution is -2.33. The quantitative estimate of drug-likeness (QED) is 0.904. The van der Waals surface area contributed by atoms with Crippen LogP contribution in [0, 0.1) is 11.7 Å². The minimum atomic E-state index is -0.731. The van der Waals surface area contributed by atoms with E-state index < -0.39 is 5.97 Å². The zero-order valence-electron chi connectivity index (χ0n) is 11.3. The number of rotatable bonds is 5. The lowest BCUT2D eigenvalue weighted by molar-refractivity contribution is -0.137. The molecule has 1 heterocycles. The molecule has 1 aromatic carbocycles. The minimum Gasteiger partial charge on any atom is -0.481 e. The lowest BCUT2D eigenvalue weighted by atomic mass is 9.92. The Morgan fingerprint density at radius 2 is 2.10 bits per heavy atom. The molecule has 3 nitrogen and oxygen atoms in total. The molecule has 1 aromatic rings. The normalized spacial score (nSPS) is 17.3. The van der Waals surface area contributed by atoms with Crippen LogP contribution in [0.3, 0.4) is 0 Å². The average molecular weight is 300 g/mol. The Balaban J connectivity index is 1.84. The number of aliphatic carboxylic acids is 1. The summed E-state index contributed by atoms with van der Waals surface area (Å²) in [6, 6.07) is 4.75. The van der Waals surface area contributed by atoms with Gasteiger partial charge in [0.25, 0.3) is 0 Å². The molecule has 0 radical (unpaired) electrons. The summed E-state index contributed by atoms with van der Waals surface area (Å²) in [5.41, 5.74) is 0.554. The summed E-state index contributed by atoms with van der Waals surface area (Å²) in [5, 5.41) is 9.16. The Hall–Kier alpha value is -1.13. The van der Waals surface area contributed by atoms with E-state index in [1.807, 2.05) is 0 Å². The van der Waals surface area contributed by atoms with Crippen molar-refractivity contribution in [3.05, 3.63) is 34.6 Å². The second kappa shape index (κ2) is 7.04. The maximum absolute atomic E-state index is 13.7. The molecule has 0 aliphatic carbocycles. The van der Waals surface area contributed by atoms with Gasteiger partial charge in [0, 0.05) is 23.6 Å². The van der Waals surface area contributed by atoms with Gasteiger partial charge < -0.3 is 5.11 Å². The van der Waals surface area contributed by atoms with Crippen LogP contribution >= 0.6 is 11.6 Å². The number of carboxylic acids is 1. The number of likely N-dealkylation sites (tertiary alicyclic amines) is 1. The van der Waals surface area contributed by atoms with Crippen molar-refractivity contribution in [2.24, 2.45) is 5.92 Å². The van der Waals surface area contributed by atoms with Gasteiger partial charge in [0.15, 0.2) is 0 Å². The summed E-state index contributed by atoms with van der Waals surface area (Å²) < 4.78 is 13.7. The highest BCUT2D eigenvalue weighted by Gasteiger charge is 2.21. The first-order chi connectivity index (χ1) is 9.56. The Morgan fingerprint density at radius 3 is 2.70 bits per heavy atom. The predicted molar refractivity (Wildman–Crippen MR) is 76.3 cm³/mol. The molecule has 0 saturated carbocycles. The van der Waals surface area contributed by atoms with Crippen LogP contribution in [0.5, 0.6) is 0 Å². The molecule has 0 amide bonds. The first kappa shape index (κ1) is 15.3. The number of piperidine rings is 1. The maximum Gasteiger partial charge on any atom is 0.303 e. The molecule has 0 bridgehead atoms. The van der Waals surface area contributed by atoms with Gasteiger partial charge in [0.2, 0.25) is 0 Å². The number of carboxylic acid groups (broad SMARTS) is 1. The molecule has 0 aromatic heterocycles. The lowest BCUT2D eigenvalue weighted by Gasteiger charge is -2.32. The Bertz CT molecular complexity index is 453. The highest BCUT2D eigenvalue weighted by atomic mass is 35.5. The first-order valence-corrected chi connectivity index (χ1v) is 7.31. The molecule has 5 heteroatoms. The predicted octanol–water partition coefficient (Wildman–Crippen LogP) is 3.56. The summed E-state index contributed by atoms with van der Waals surface area (Å²) in [4.78, 5) is 12.7. The van der Waals surface area contributed by atoms with Gasteiger partial charge in [-0.05, 0) is 50.4 Å². The van der Waals surface area contributed by atoms with Crippen LogP contribution in [-0.4, -0.2) is 29.1 Å². The second-order valence-corrected chi connectivity index (χ2v) is 5.76. The van der Waals surface area contributed by atoms with Crippen LogP contribution in [0.1, 0.15) is 31.2 Å². The van der Waals surface area contributed by atoms with E-state index >= 15 is 0 Å². The molecule has 1 aliphatic rings. The molecule has 110 valence electrons. The van der Waals surface area contributed by atoms with Crippen molar-refractivity contribution >= 4 is 17.6 Å². The van der Waals surface area contributed by atoms with Crippen LogP contribution in [-0.2, 0) is 11.3 Å². The summed E-state index contributed by atoms with van der Waals surface area (Å²) in [7, 11) is 0. The van der Waals surface area contributed by atoms with Gasteiger partial charge >= 0.3 is 5.97 Å². The van der Waals surface area contributed by atoms with Gasteiger partial charge in [-0.2, -0.15) is 0 Å². The van der Waals surface area contributed by atoms with Crippen LogP contribution in [0.25, 0.3) is 0 Å². The van der Waals surface area contributed by atoms with Gasteiger partial charge in [0.1, 0.15) is 5.82 Å². The molecule has 2 rings (SSSR count). The Morgan fingerprint density at radius 1 is 1.40 bits per heavy atom. The van der Waals surface area contributed by atoms with E-state index in [9.17, 15) is 9.18 Å². The number of halogens is 2. The zero-order chi connectivity index (χ0) is 14.5. The van der Waals surface area contributed by atoms with Crippen LogP contribution in [0.4, 0.5) is 4.39 Å². The molecule has 0 unspecified atom stereocenters. The van der Waals surface area contributed by atoms with E-state index in [1.165, 1.54) is 6.07 Å². The molecular weight excluding hydrogens is 281 g/mol. The summed E-state index contributed by atoms with van der Waals surface area (Å²) >= 11 is 6.03. The highest BCUT2D eigenvalue weighted by molar-refractivity contribution is 6.31. The van der Waals surface area contributed by atoms with E-state index in [4.69, 9.17) is 16.7 Å². The van der Waals surface area contributed by atoms with E-state index in [0.29, 0.717) is 23.0 Å². The molecular formula is C15H19ClFNO2. The average Bonchev–Trinajstić information content (AvgIpc) is 2.42. The fourth-order valence-electron chi connectivity index (χ4n) is 2.67. The van der Waals surface area contributed by atoms with E-state index in [1.54, 1.807) is 12.1 Å². The van der Waals surface area contributed by atoms with Crippen LogP contribution in [0.15, 0.2) is 18.2 Å². The van der Waals surface area contributed by atoms with Crippen molar-refractivity contribution in [2.45, 2.75) is 32.2 Å². The zero-order valence-corrected chi connectivity index (χ0v) is 12.1. The van der Waals surface area contributed by atoms with Gasteiger partial charge in [-0.1, -0.05) is 17.7 Å². The molecule has 1 N–H and O–H groups in total. The SMILES string of the molecule is O=C(O)CCC1CCN(Cc2c(F)cccc2Cl)CC1. The van der Waals surface area contributed by atoms with Gasteiger partial charge in [0.05, 0.1) is 0 Å². The minimum absolute atomic E-state index is 0.240. The van der Waals surface area contributed by atoms with E-state index in [-0.39, 0.29) is 12.2 Å². The van der Waals surface area contributed by atoms with Crippen LogP contribution < -0.4 is 0 Å². The van der Waals surface area contributed by atoms with E-state index in [0.717, 1.165) is 32.4 Å². The van der Waals surface area contributed by atoms with Crippen LogP contribution in [0.2, 0.25) is 5.02 Å². The monoisotopic (exact) mass is 299 g/mol. The largest absolute Gasteiger partial charge is 0.481 e. The molecule has 1 saturated heterocycles. The van der Waals surface area contributed by atoms with Crippen molar-refractivity contribution in [3.63, 3.8) is 0 Å². The standard InChI is InChI=1S/C15H19ClFNO2/c16-13-2-1-3-14(17)12(13)10-18-8-6-11(7-9-18)4-5-15(19)20/h1-3,11H,4-10H2,(H,19,20). The van der Waals surface area contributed by atoms with Crippen molar-refractivity contribution in [1.29, 1.82) is 0 Å².